The molecule has 0 aliphatic heterocycles. The SMILES string of the molecule is C=S(=O)(c1ncn(C)n1)N(CC(F)(F)F)[C@H]1CCC2=Cc3c(ncn3-c3ccc(F)nc3)C[C@]2(C(=O)c2cc(C)ccn2)C1. The molecule has 2 aliphatic carbocycles. The number of carbonyl (C=O) groups excluding carboxylic acids is 1. The van der Waals surface area contributed by atoms with Crippen molar-refractivity contribution >= 4 is 27.4 Å². The average molecular weight is 629 g/mol. The summed E-state index contributed by atoms with van der Waals surface area (Å²) in [5.74, 6) is 2.69. The molecule has 0 aromatic carbocycles. The van der Waals surface area contributed by atoms with E-state index in [1.807, 2.05) is 13.0 Å². The Labute approximate surface area is 250 Å². The van der Waals surface area contributed by atoms with Crippen LogP contribution in [0.2, 0.25) is 0 Å². The number of aryl methyl sites for hydroxylation is 2. The third kappa shape index (κ3) is 5.34. The highest BCUT2D eigenvalue weighted by Crippen LogP contribution is 2.51. The van der Waals surface area contributed by atoms with Crippen LogP contribution < -0.4 is 0 Å². The van der Waals surface area contributed by atoms with E-state index in [9.17, 15) is 26.6 Å². The summed E-state index contributed by atoms with van der Waals surface area (Å²) in [6.07, 6.45) is 3.15. The highest BCUT2D eigenvalue weighted by atomic mass is 32.2. The van der Waals surface area contributed by atoms with Crippen LogP contribution in [0.3, 0.4) is 0 Å². The van der Waals surface area contributed by atoms with Crippen molar-refractivity contribution in [1.29, 1.82) is 0 Å². The number of pyridine rings is 2. The molecule has 4 heterocycles. The normalized spacial score (nSPS) is 21.3. The summed E-state index contributed by atoms with van der Waals surface area (Å²) in [6.45, 7) is 0.290. The van der Waals surface area contributed by atoms with Crippen molar-refractivity contribution in [2.75, 3.05) is 6.54 Å². The first-order valence-corrected chi connectivity index (χ1v) is 15.4. The van der Waals surface area contributed by atoms with Crippen molar-refractivity contribution < 1.29 is 26.6 Å². The van der Waals surface area contributed by atoms with E-state index in [1.165, 1.54) is 36.5 Å². The molecule has 230 valence electrons. The summed E-state index contributed by atoms with van der Waals surface area (Å²) >= 11 is 0. The smallest absolute Gasteiger partial charge is 0.298 e. The number of alkyl halides is 3. The molecule has 0 bridgehead atoms. The fraction of sp³-hybridized carbons (Fsp3) is 0.345. The lowest BCUT2D eigenvalue weighted by molar-refractivity contribution is -0.140. The minimum atomic E-state index is -4.72. The predicted molar refractivity (Wildman–Crippen MR) is 154 cm³/mol. The highest BCUT2D eigenvalue weighted by molar-refractivity contribution is 7.98. The second kappa shape index (κ2) is 10.7. The molecule has 44 heavy (non-hydrogen) atoms. The zero-order valence-corrected chi connectivity index (χ0v) is 24.6. The van der Waals surface area contributed by atoms with E-state index in [1.54, 1.807) is 29.1 Å². The van der Waals surface area contributed by atoms with E-state index < -0.39 is 39.8 Å². The summed E-state index contributed by atoms with van der Waals surface area (Å²) in [5.41, 5.74) is 2.09. The molecule has 4 aromatic heterocycles. The van der Waals surface area contributed by atoms with Crippen molar-refractivity contribution in [1.82, 2.24) is 38.6 Å². The molecule has 1 unspecified atom stereocenters. The van der Waals surface area contributed by atoms with Gasteiger partial charge in [0.05, 0.1) is 38.4 Å². The number of Topliss-reactive ketones (excluding diaryl/α,β-unsaturated/α-hetero) is 1. The monoisotopic (exact) mass is 628 g/mol. The Bertz CT molecular complexity index is 1880. The molecule has 0 saturated heterocycles. The Morgan fingerprint density at radius 2 is 1.98 bits per heavy atom. The van der Waals surface area contributed by atoms with Gasteiger partial charge in [-0.2, -0.15) is 17.6 Å². The second-order valence-electron chi connectivity index (χ2n) is 11.2. The van der Waals surface area contributed by atoms with Crippen molar-refractivity contribution in [3.05, 3.63) is 83.5 Å². The number of hydrogen-bond donors (Lipinski definition) is 0. The molecule has 1 fully saturated rings. The third-order valence-electron chi connectivity index (χ3n) is 8.17. The van der Waals surface area contributed by atoms with Gasteiger partial charge in [0.1, 0.15) is 24.9 Å². The topological polar surface area (TPSA) is 112 Å². The van der Waals surface area contributed by atoms with Crippen LogP contribution >= 0.6 is 0 Å². The van der Waals surface area contributed by atoms with Gasteiger partial charge in [0.15, 0.2) is 5.78 Å². The van der Waals surface area contributed by atoms with Gasteiger partial charge >= 0.3 is 6.18 Å². The van der Waals surface area contributed by atoms with Gasteiger partial charge in [-0.1, -0.05) is 5.57 Å². The van der Waals surface area contributed by atoms with E-state index in [0.29, 0.717) is 22.6 Å². The molecule has 0 radical (unpaired) electrons. The zero-order chi connectivity index (χ0) is 31.4. The largest absolute Gasteiger partial charge is 0.402 e. The molecule has 0 spiro atoms. The van der Waals surface area contributed by atoms with Gasteiger partial charge in [0, 0.05) is 25.7 Å². The highest BCUT2D eigenvalue weighted by Gasteiger charge is 2.52. The summed E-state index contributed by atoms with van der Waals surface area (Å²) in [7, 11) is -2.29. The first kappa shape index (κ1) is 29.8. The quantitative estimate of drug-likeness (QED) is 0.131. The fourth-order valence-corrected chi connectivity index (χ4v) is 7.83. The number of carbonyl (C=O) groups is 1. The fourth-order valence-electron chi connectivity index (χ4n) is 6.14. The van der Waals surface area contributed by atoms with Gasteiger partial charge < -0.3 is 0 Å². The van der Waals surface area contributed by atoms with Crippen molar-refractivity contribution in [2.24, 2.45) is 12.5 Å². The maximum Gasteiger partial charge on any atom is 0.402 e. The van der Waals surface area contributed by atoms with Gasteiger partial charge in [-0.25, -0.2) is 23.5 Å². The summed E-state index contributed by atoms with van der Waals surface area (Å²) < 4.78 is 73.4. The lowest BCUT2D eigenvalue weighted by atomic mass is 9.61. The molecule has 10 nitrogen and oxygen atoms in total. The molecule has 0 amide bonds. The van der Waals surface area contributed by atoms with Crippen LogP contribution in [-0.4, -0.2) is 73.2 Å². The number of halogens is 4. The van der Waals surface area contributed by atoms with Gasteiger partial charge in [-0.15, -0.1) is 5.10 Å². The number of rotatable bonds is 7. The summed E-state index contributed by atoms with van der Waals surface area (Å²) in [6, 6.07) is 5.19. The summed E-state index contributed by atoms with van der Waals surface area (Å²) in [5, 5.41) is 3.70. The van der Waals surface area contributed by atoms with Crippen LogP contribution in [0.1, 0.15) is 46.7 Å². The first-order chi connectivity index (χ1) is 20.8. The van der Waals surface area contributed by atoms with E-state index in [4.69, 9.17) is 0 Å². The zero-order valence-electron chi connectivity index (χ0n) is 23.8. The number of ketones is 1. The van der Waals surface area contributed by atoms with Crippen LogP contribution in [0.4, 0.5) is 17.6 Å². The maximum absolute atomic E-state index is 14.5. The van der Waals surface area contributed by atoms with Crippen LogP contribution in [0.15, 0.2) is 60.0 Å². The minimum absolute atomic E-state index is 0.0702. The number of aromatic nitrogens is 7. The number of fused-ring (bicyclic) bond motifs is 2. The number of imidazole rings is 1. The molecule has 3 atom stereocenters. The van der Waals surface area contributed by atoms with E-state index in [0.717, 1.165) is 9.87 Å². The molecule has 15 heteroatoms. The summed E-state index contributed by atoms with van der Waals surface area (Å²) in [4.78, 5) is 31.0. The van der Waals surface area contributed by atoms with Crippen LogP contribution in [0.25, 0.3) is 11.8 Å². The minimum Gasteiger partial charge on any atom is -0.298 e. The Balaban J connectivity index is 1.46. The van der Waals surface area contributed by atoms with Gasteiger partial charge in [-0.3, -0.25) is 19.0 Å². The van der Waals surface area contributed by atoms with Crippen LogP contribution in [0.5, 0.6) is 0 Å². The Kier molecular flexibility index (Phi) is 7.27. The molecule has 6 rings (SSSR count). The first-order valence-electron chi connectivity index (χ1n) is 13.7. The molecular formula is C29H28F4N8O2S. The molecule has 4 aromatic rings. The van der Waals surface area contributed by atoms with Crippen molar-refractivity contribution in [3.8, 4) is 5.69 Å². The Hall–Kier alpha value is -4.24. The molecular weight excluding hydrogens is 600 g/mol. The number of nitrogens with zero attached hydrogens (tertiary/aromatic N) is 8. The van der Waals surface area contributed by atoms with Gasteiger partial charge in [0.25, 0.3) is 0 Å². The number of allylic oxidation sites excluding steroid dienone is 1. The van der Waals surface area contributed by atoms with Crippen LogP contribution in [0, 0.1) is 18.3 Å². The lowest BCUT2D eigenvalue weighted by Gasteiger charge is -2.47. The number of hydrogen-bond acceptors (Lipinski definition) is 7. The van der Waals surface area contributed by atoms with Gasteiger partial charge in [0.2, 0.25) is 11.1 Å². The van der Waals surface area contributed by atoms with Crippen molar-refractivity contribution in [2.45, 2.75) is 50.0 Å². The van der Waals surface area contributed by atoms with Gasteiger partial charge in [-0.05, 0) is 68.0 Å². The Morgan fingerprint density at radius 1 is 1.18 bits per heavy atom. The Morgan fingerprint density at radius 3 is 2.64 bits per heavy atom. The second-order valence-corrected chi connectivity index (χ2v) is 13.3. The standard InChI is InChI=1S/C29H28F4N8O2S/c1-18-8-9-34-22(10-18)26(42)28-12-20(41(15-29(31,32)33)44(3,43)27-37-16-39(2)38-27)5-4-19(28)11-24-23(13-28)36-17-40(24)21-6-7-25(30)35-14-21/h6-11,14,16-17,20H,3-5,12-13,15H2,1-2H3/t20-,28+,44?/m0/s1. The molecule has 1 saturated carbocycles. The predicted octanol–water partition coefficient (Wildman–Crippen LogP) is 4.15. The average Bonchev–Trinajstić information content (AvgIpc) is 3.60. The van der Waals surface area contributed by atoms with Crippen molar-refractivity contribution in [3.63, 3.8) is 0 Å². The van der Waals surface area contributed by atoms with E-state index in [-0.39, 0.29) is 42.3 Å². The third-order valence-corrected chi connectivity index (χ3v) is 10.1. The maximum atomic E-state index is 14.5. The van der Waals surface area contributed by atoms with E-state index >= 15 is 0 Å². The molecule has 0 N–H and O–H groups in total. The van der Waals surface area contributed by atoms with Crippen LogP contribution in [-0.2, 0) is 23.2 Å². The van der Waals surface area contributed by atoms with E-state index in [2.05, 4.69) is 30.9 Å². The molecule has 2 aliphatic rings. The lowest BCUT2D eigenvalue weighted by Crippen LogP contribution is -2.53.